The highest BCUT2D eigenvalue weighted by Crippen LogP contribution is 2.33. The molecule has 0 saturated carbocycles. The van der Waals surface area contributed by atoms with Crippen LogP contribution in [-0.2, 0) is 16.9 Å². The minimum Gasteiger partial charge on any atom is -0.393 e. The van der Waals surface area contributed by atoms with Crippen LogP contribution in [0.3, 0.4) is 0 Å². The number of rotatable bonds is 3. The van der Waals surface area contributed by atoms with Crippen molar-refractivity contribution >= 4 is 5.69 Å². The predicted octanol–water partition coefficient (Wildman–Crippen LogP) is 2.82. The first-order valence-corrected chi connectivity index (χ1v) is 6.85. The molecule has 0 aliphatic carbocycles. The van der Waals surface area contributed by atoms with Gasteiger partial charge in [0.05, 0.1) is 19.8 Å². The number of aliphatic hydroxyl groups excluding tert-OH is 1. The van der Waals surface area contributed by atoms with Crippen LogP contribution in [0.1, 0.15) is 16.7 Å². The zero-order chi connectivity index (χ0) is 14.0. The normalized spacial score (nSPS) is 21.3. The van der Waals surface area contributed by atoms with Gasteiger partial charge in [-0.15, -0.1) is 0 Å². The standard InChI is InChI=1S/C17H19NO2/c1-13-6-8-15(9-7-13)18-17(11-19)12-20-10-14-4-2-3-5-16(14)17/h2-9,18-19H,10-12H2,1H3. The molecule has 0 aromatic heterocycles. The van der Waals surface area contributed by atoms with Crippen LogP contribution in [0.15, 0.2) is 48.5 Å². The van der Waals surface area contributed by atoms with Gasteiger partial charge in [-0.3, -0.25) is 0 Å². The van der Waals surface area contributed by atoms with Gasteiger partial charge in [-0.2, -0.15) is 0 Å². The maximum Gasteiger partial charge on any atom is 0.110 e. The van der Waals surface area contributed by atoms with E-state index in [0.29, 0.717) is 13.2 Å². The third kappa shape index (κ3) is 2.30. The largest absolute Gasteiger partial charge is 0.393 e. The summed E-state index contributed by atoms with van der Waals surface area (Å²) in [6, 6.07) is 16.3. The lowest BCUT2D eigenvalue weighted by molar-refractivity contribution is 0.0357. The van der Waals surface area contributed by atoms with E-state index < -0.39 is 5.54 Å². The second kappa shape index (κ2) is 5.27. The molecule has 0 amide bonds. The van der Waals surface area contributed by atoms with Crippen molar-refractivity contribution in [2.75, 3.05) is 18.5 Å². The van der Waals surface area contributed by atoms with Crippen molar-refractivity contribution in [3.05, 3.63) is 65.2 Å². The number of nitrogens with one attached hydrogen (secondary N) is 1. The number of aryl methyl sites for hydroxylation is 1. The number of ether oxygens (including phenoxy) is 1. The first-order chi connectivity index (χ1) is 9.73. The molecule has 2 aromatic rings. The van der Waals surface area contributed by atoms with Crippen LogP contribution >= 0.6 is 0 Å². The van der Waals surface area contributed by atoms with Gasteiger partial charge in [-0.25, -0.2) is 0 Å². The van der Waals surface area contributed by atoms with Crippen molar-refractivity contribution in [3.8, 4) is 0 Å². The molecule has 3 rings (SSSR count). The zero-order valence-electron chi connectivity index (χ0n) is 11.6. The van der Waals surface area contributed by atoms with Gasteiger partial charge >= 0.3 is 0 Å². The highest BCUT2D eigenvalue weighted by molar-refractivity contribution is 5.51. The summed E-state index contributed by atoms with van der Waals surface area (Å²) < 4.78 is 5.68. The van der Waals surface area contributed by atoms with Gasteiger partial charge in [0.15, 0.2) is 0 Å². The summed E-state index contributed by atoms with van der Waals surface area (Å²) in [6.07, 6.45) is 0. The van der Waals surface area contributed by atoms with Crippen LogP contribution in [0, 0.1) is 6.92 Å². The Morgan fingerprint density at radius 2 is 1.90 bits per heavy atom. The van der Waals surface area contributed by atoms with Gasteiger partial charge in [0.25, 0.3) is 0 Å². The molecule has 2 aromatic carbocycles. The minimum absolute atomic E-state index is 0.00209. The number of anilines is 1. The summed E-state index contributed by atoms with van der Waals surface area (Å²) in [6.45, 7) is 3.13. The summed E-state index contributed by atoms with van der Waals surface area (Å²) in [5.41, 5.74) is 3.89. The van der Waals surface area contributed by atoms with Gasteiger partial charge in [-0.05, 0) is 30.2 Å². The van der Waals surface area contributed by atoms with Gasteiger partial charge in [0, 0.05) is 5.69 Å². The molecular weight excluding hydrogens is 250 g/mol. The fourth-order valence-corrected chi connectivity index (χ4v) is 2.71. The second-order valence-corrected chi connectivity index (χ2v) is 5.38. The number of aliphatic hydroxyl groups is 1. The molecule has 104 valence electrons. The molecule has 1 atom stereocenters. The highest BCUT2D eigenvalue weighted by atomic mass is 16.5. The average Bonchev–Trinajstić information content (AvgIpc) is 2.50. The van der Waals surface area contributed by atoms with E-state index in [1.54, 1.807) is 0 Å². The average molecular weight is 269 g/mol. The first-order valence-electron chi connectivity index (χ1n) is 6.85. The molecule has 1 unspecified atom stereocenters. The molecule has 0 saturated heterocycles. The second-order valence-electron chi connectivity index (χ2n) is 5.38. The Morgan fingerprint density at radius 3 is 2.65 bits per heavy atom. The van der Waals surface area contributed by atoms with Crippen molar-refractivity contribution < 1.29 is 9.84 Å². The van der Waals surface area contributed by atoms with Crippen LogP contribution in [-0.4, -0.2) is 18.3 Å². The fourth-order valence-electron chi connectivity index (χ4n) is 2.71. The molecule has 1 aliphatic rings. The molecule has 2 N–H and O–H groups in total. The van der Waals surface area contributed by atoms with Crippen LogP contribution in [0.25, 0.3) is 0 Å². The predicted molar refractivity (Wildman–Crippen MR) is 79.7 cm³/mol. The minimum atomic E-state index is -0.565. The molecule has 0 radical (unpaired) electrons. The van der Waals surface area contributed by atoms with Crippen LogP contribution in [0.2, 0.25) is 0 Å². The molecule has 3 nitrogen and oxygen atoms in total. The Labute approximate surface area is 119 Å². The molecule has 1 heterocycles. The van der Waals surface area contributed by atoms with E-state index in [9.17, 15) is 5.11 Å². The van der Waals surface area contributed by atoms with Gasteiger partial charge in [0.2, 0.25) is 0 Å². The Morgan fingerprint density at radius 1 is 1.15 bits per heavy atom. The summed E-state index contributed by atoms with van der Waals surface area (Å²) >= 11 is 0. The Balaban J connectivity index is 1.98. The quantitative estimate of drug-likeness (QED) is 0.900. The van der Waals surface area contributed by atoms with Crippen molar-refractivity contribution in [1.29, 1.82) is 0 Å². The Kier molecular flexibility index (Phi) is 3.47. The highest BCUT2D eigenvalue weighted by Gasteiger charge is 2.36. The third-order valence-corrected chi connectivity index (χ3v) is 3.84. The molecule has 20 heavy (non-hydrogen) atoms. The van der Waals surface area contributed by atoms with Crippen molar-refractivity contribution in [2.24, 2.45) is 0 Å². The van der Waals surface area contributed by atoms with Gasteiger partial charge in [0.1, 0.15) is 5.54 Å². The van der Waals surface area contributed by atoms with Crippen LogP contribution < -0.4 is 5.32 Å². The number of fused-ring (bicyclic) bond motifs is 1. The lowest BCUT2D eigenvalue weighted by Gasteiger charge is -2.39. The van der Waals surface area contributed by atoms with Gasteiger partial charge < -0.3 is 15.2 Å². The SMILES string of the molecule is Cc1ccc(NC2(CO)COCc3ccccc32)cc1. The summed E-state index contributed by atoms with van der Waals surface area (Å²) in [7, 11) is 0. The number of hydrogen-bond acceptors (Lipinski definition) is 3. The maximum absolute atomic E-state index is 9.96. The van der Waals surface area contributed by atoms with Crippen molar-refractivity contribution in [2.45, 2.75) is 19.1 Å². The summed E-state index contributed by atoms with van der Waals surface area (Å²) in [5, 5.41) is 13.4. The van der Waals surface area contributed by atoms with Crippen LogP contribution in [0.4, 0.5) is 5.69 Å². The topological polar surface area (TPSA) is 41.5 Å². The lowest BCUT2D eigenvalue weighted by atomic mass is 9.85. The molecular formula is C17H19NO2. The molecule has 0 spiro atoms. The van der Waals surface area contributed by atoms with E-state index in [1.807, 2.05) is 24.3 Å². The number of hydrogen-bond donors (Lipinski definition) is 2. The van der Waals surface area contributed by atoms with E-state index in [1.165, 1.54) is 5.56 Å². The van der Waals surface area contributed by atoms with E-state index in [2.05, 4.69) is 36.5 Å². The summed E-state index contributed by atoms with van der Waals surface area (Å²) in [4.78, 5) is 0. The third-order valence-electron chi connectivity index (χ3n) is 3.84. The molecule has 0 fully saturated rings. The van der Waals surface area contributed by atoms with Crippen LogP contribution in [0.5, 0.6) is 0 Å². The summed E-state index contributed by atoms with van der Waals surface area (Å²) in [5.74, 6) is 0. The Bertz CT molecular complexity index is 594. The fraction of sp³-hybridized carbons (Fsp3) is 0.294. The van der Waals surface area contributed by atoms with E-state index in [4.69, 9.17) is 4.74 Å². The molecule has 1 aliphatic heterocycles. The smallest absolute Gasteiger partial charge is 0.110 e. The Hall–Kier alpha value is -1.84. The van der Waals surface area contributed by atoms with E-state index in [-0.39, 0.29) is 6.61 Å². The van der Waals surface area contributed by atoms with Gasteiger partial charge in [-0.1, -0.05) is 42.0 Å². The van der Waals surface area contributed by atoms with Crippen molar-refractivity contribution in [1.82, 2.24) is 0 Å². The maximum atomic E-state index is 9.96. The van der Waals surface area contributed by atoms with E-state index >= 15 is 0 Å². The first kappa shape index (κ1) is 13.2. The molecule has 3 heteroatoms. The van der Waals surface area contributed by atoms with Crippen molar-refractivity contribution in [3.63, 3.8) is 0 Å². The zero-order valence-corrected chi connectivity index (χ0v) is 11.6. The number of benzene rings is 2. The van der Waals surface area contributed by atoms with E-state index in [0.717, 1.165) is 16.8 Å². The lowest BCUT2D eigenvalue weighted by Crippen LogP contribution is -2.46. The monoisotopic (exact) mass is 269 g/mol. The molecule has 0 bridgehead atoms.